The van der Waals surface area contributed by atoms with E-state index in [2.05, 4.69) is 20.6 Å². The van der Waals surface area contributed by atoms with E-state index in [1.807, 2.05) is 30.5 Å². The third kappa shape index (κ3) is 6.24. The highest BCUT2D eigenvalue weighted by Gasteiger charge is 2.18. The number of aromatic amines is 1. The molecule has 1 heterocycles. The van der Waals surface area contributed by atoms with Crippen molar-refractivity contribution < 1.29 is 9.59 Å². The molecule has 3 N–H and O–H groups in total. The van der Waals surface area contributed by atoms with Crippen molar-refractivity contribution in [1.29, 1.82) is 0 Å². The lowest BCUT2D eigenvalue weighted by atomic mass is 10.2. The molecule has 1 aromatic heterocycles. The number of thioether (sulfide) groups is 1. The van der Waals surface area contributed by atoms with E-state index in [0.717, 1.165) is 29.0 Å². The topological polar surface area (TPSA) is 86.9 Å². The van der Waals surface area contributed by atoms with Crippen LogP contribution in [0.1, 0.15) is 41.5 Å². The average molecular weight is 445 g/mol. The van der Waals surface area contributed by atoms with E-state index in [1.54, 1.807) is 36.0 Å². The number of amides is 2. The van der Waals surface area contributed by atoms with Gasteiger partial charge in [-0.3, -0.25) is 9.59 Å². The van der Waals surface area contributed by atoms with E-state index in [4.69, 9.17) is 11.6 Å². The first-order chi connectivity index (χ1) is 14.6. The first kappa shape index (κ1) is 22.2. The maximum absolute atomic E-state index is 12.5. The molecule has 0 radical (unpaired) electrons. The van der Waals surface area contributed by atoms with E-state index in [-0.39, 0.29) is 17.9 Å². The summed E-state index contributed by atoms with van der Waals surface area (Å²) in [6, 6.07) is 14.4. The molecule has 0 aliphatic carbocycles. The molecule has 0 unspecified atom stereocenters. The first-order valence-electron chi connectivity index (χ1n) is 9.83. The molecule has 1 atom stereocenters. The average Bonchev–Trinajstić information content (AvgIpc) is 3.18. The maximum atomic E-state index is 12.5. The molecule has 3 rings (SSSR count). The van der Waals surface area contributed by atoms with Crippen LogP contribution in [0, 0.1) is 0 Å². The van der Waals surface area contributed by atoms with E-state index >= 15 is 0 Å². The number of fused-ring (bicyclic) bond motifs is 1. The van der Waals surface area contributed by atoms with Crippen LogP contribution in [-0.2, 0) is 4.79 Å². The largest absolute Gasteiger partial charge is 0.352 e. The van der Waals surface area contributed by atoms with Crippen molar-refractivity contribution in [3.05, 3.63) is 64.9 Å². The molecule has 2 aromatic carbocycles. The summed E-state index contributed by atoms with van der Waals surface area (Å²) in [6.07, 6.45) is 3.72. The van der Waals surface area contributed by atoms with Crippen LogP contribution in [-0.4, -0.2) is 40.3 Å². The van der Waals surface area contributed by atoms with E-state index in [0.29, 0.717) is 30.0 Å². The number of H-pyrrole nitrogens is 1. The molecule has 6 nitrogen and oxygen atoms in total. The Labute approximate surface area is 185 Å². The Morgan fingerprint density at radius 1 is 1.17 bits per heavy atom. The molecule has 2 amide bonds. The maximum Gasteiger partial charge on any atom is 0.251 e. The van der Waals surface area contributed by atoms with Gasteiger partial charge in [0.2, 0.25) is 5.91 Å². The highest BCUT2D eigenvalue weighted by Crippen LogP contribution is 2.20. The molecule has 0 saturated heterocycles. The van der Waals surface area contributed by atoms with Gasteiger partial charge in [0.25, 0.3) is 5.91 Å². The molecule has 8 heteroatoms. The third-order valence-electron chi connectivity index (χ3n) is 4.66. The highest BCUT2D eigenvalue weighted by atomic mass is 35.5. The van der Waals surface area contributed by atoms with Gasteiger partial charge in [-0.05, 0) is 61.2 Å². The number of benzene rings is 2. The van der Waals surface area contributed by atoms with Gasteiger partial charge >= 0.3 is 0 Å². The van der Waals surface area contributed by atoms with Crippen LogP contribution in [0.3, 0.4) is 0 Å². The lowest BCUT2D eigenvalue weighted by molar-refractivity contribution is -0.122. The molecule has 158 valence electrons. The first-order valence-corrected chi connectivity index (χ1v) is 11.6. The number of nitrogens with zero attached hydrogens (tertiary/aromatic N) is 1. The van der Waals surface area contributed by atoms with Gasteiger partial charge in [-0.1, -0.05) is 23.7 Å². The second-order valence-corrected chi connectivity index (χ2v) is 8.33. The quantitative estimate of drug-likeness (QED) is 0.406. The minimum absolute atomic E-state index is 0.0534. The van der Waals surface area contributed by atoms with Gasteiger partial charge in [0.1, 0.15) is 5.82 Å². The molecular weight excluding hydrogens is 420 g/mol. The Kier molecular flexibility index (Phi) is 8.16. The van der Waals surface area contributed by atoms with Crippen molar-refractivity contribution in [1.82, 2.24) is 20.6 Å². The molecular formula is C22H25ClN4O2S. The number of hydrogen-bond donors (Lipinski definition) is 3. The summed E-state index contributed by atoms with van der Waals surface area (Å²) in [5, 5.41) is 6.50. The molecule has 0 bridgehead atoms. The molecule has 0 aliphatic heterocycles. The smallest absolute Gasteiger partial charge is 0.251 e. The molecule has 3 aromatic rings. The van der Waals surface area contributed by atoms with Gasteiger partial charge in [-0.2, -0.15) is 11.8 Å². The second kappa shape index (κ2) is 11.0. The number of halogens is 1. The monoisotopic (exact) mass is 444 g/mol. The third-order valence-corrected chi connectivity index (χ3v) is 5.55. The molecule has 0 spiro atoms. The number of aromatic nitrogens is 2. The van der Waals surface area contributed by atoms with Gasteiger partial charge in [0.15, 0.2) is 0 Å². The number of rotatable bonds is 10. The number of nitrogens with one attached hydrogen (secondary N) is 3. The van der Waals surface area contributed by atoms with Gasteiger partial charge in [-0.25, -0.2) is 4.98 Å². The predicted molar refractivity (Wildman–Crippen MR) is 123 cm³/mol. The Balaban J connectivity index is 1.49. The standard InChI is InChI=1S/C22H25ClN4O2S/c1-30-14-12-19(21-26-17-5-2-3-6-18(17)27-21)25-20(28)7-4-13-24-22(29)15-8-10-16(23)11-9-15/h2-3,5-6,8-11,19H,4,7,12-14H2,1H3,(H,24,29)(H,25,28)(H,26,27)/t19-/m1/s1. The van der Waals surface area contributed by atoms with Crippen LogP contribution >= 0.6 is 23.4 Å². The fourth-order valence-corrected chi connectivity index (χ4v) is 3.67. The number of para-hydroxylation sites is 2. The minimum Gasteiger partial charge on any atom is -0.352 e. The summed E-state index contributed by atoms with van der Waals surface area (Å²) in [7, 11) is 0. The van der Waals surface area contributed by atoms with Gasteiger partial charge in [0.05, 0.1) is 17.1 Å². The van der Waals surface area contributed by atoms with Crippen LogP contribution in [0.4, 0.5) is 0 Å². The lowest BCUT2D eigenvalue weighted by Crippen LogP contribution is -2.31. The van der Waals surface area contributed by atoms with Gasteiger partial charge < -0.3 is 15.6 Å². The summed E-state index contributed by atoms with van der Waals surface area (Å²) in [4.78, 5) is 32.5. The number of carbonyl (C=O) groups is 2. The van der Waals surface area contributed by atoms with Crippen molar-refractivity contribution in [2.45, 2.75) is 25.3 Å². The number of hydrogen-bond acceptors (Lipinski definition) is 4. The zero-order valence-corrected chi connectivity index (χ0v) is 18.4. The molecule has 30 heavy (non-hydrogen) atoms. The van der Waals surface area contributed by atoms with Gasteiger partial charge in [-0.15, -0.1) is 0 Å². The van der Waals surface area contributed by atoms with Crippen molar-refractivity contribution in [2.24, 2.45) is 0 Å². The summed E-state index contributed by atoms with van der Waals surface area (Å²) in [5.41, 5.74) is 2.40. The van der Waals surface area contributed by atoms with E-state index < -0.39 is 0 Å². The minimum atomic E-state index is -0.174. The lowest BCUT2D eigenvalue weighted by Gasteiger charge is -2.16. The molecule has 0 saturated carbocycles. The summed E-state index contributed by atoms with van der Waals surface area (Å²) in [5.74, 6) is 1.46. The fourth-order valence-electron chi connectivity index (χ4n) is 3.07. The molecule has 0 fully saturated rings. The van der Waals surface area contributed by atoms with Crippen LogP contribution in [0.25, 0.3) is 11.0 Å². The van der Waals surface area contributed by atoms with Gasteiger partial charge in [0, 0.05) is 23.6 Å². The van der Waals surface area contributed by atoms with Crippen LogP contribution in [0.15, 0.2) is 48.5 Å². The zero-order valence-electron chi connectivity index (χ0n) is 16.8. The second-order valence-electron chi connectivity index (χ2n) is 6.91. The summed E-state index contributed by atoms with van der Waals surface area (Å²) in [6.45, 7) is 0.426. The van der Waals surface area contributed by atoms with E-state index in [9.17, 15) is 9.59 Å². The highest BCUT2D eigenvalue weighted by molar-refractivity contribution is 7.98. The Hall–Kier alpha value is -2.51. The van der Waals surface area contributed by atoms with Crippen LogP contribution in [0.2, 0.25) is 5.02 Å². The summed E-state index contributed by atoms with van der Waals surface area (Å²) < 4.78 is 0. The molecule has 0 aliphatic rings. The van der Waals surface area contributed by atoms with Crippen LogP contribution in [0.5, 0.6) is 0 Å². The van der Waals surface area contributed by atoms with Crippen molar-refractivity contribution >= 4 is 46.2 Å². The predicted octanol–water partition coefficient (Wildman–Crippen LogP) is 4.34. The van der Waals surface area contributed by atoms with Crippen molar-refractivity contribution in [3.8, 4) is 0 Å². The Bertz CT molecular complexity index is 957. The fraction of sp³-hybridized carbons (Fsp3) is 0.318. The SMILES string of the molecule is CSCC[C@@H](NC(=O)CCCNC(=O)c1ccc(Cl)cc1)c1nc2ccccc2[nH]1. The summed E-state index contributed by atoms with van der Waals surface area (Å²) >= 11 is 7.57. The van der Waals surface area contributed by atoms with Crippen molar-refractivity contribution in [3.63, 3.8) is 0 Å². The Morgan fingerprint density at radius 2 is 1.93 bits per heavy atom. The van der Waals surface area contributed by atoms with E-state index in [1.165, 1.54) is 0 Å². The number of imidazole rings is 1. The van der Waals surface area contributed by atoms with Crippen LogP contribution < -0.4 is 10.6 Å². The number of carbonyl (C=O) groups excluding carboxylic acids is 2. The Morgan fingerprint density at radius 3 is 2.67 bits per heavy atom. The normalized spacial score (nSPS) is 11.9. The van der Waals surface area contributed by atoms with Crippen molar-refractivity contribution in [2.75, 3.05) is 18.6 Å². The zero-order chi connectivity index (χ0) is 21.3.